The Bertz CT molecular complexity index is 1060. The molecule has 2 heterocycles. The van der Waals surface area contributed by atoms with Crippen molar-refractivity contribution in [3.8, 4) is 0 Å². The van der Waals surface area contributed by atoms with Crippen molar-refractivity contribution in [2.45, 2.75) is 24.9 Å². The van der Waals surface area contributed by atoms with Gasteiger partial charge in [0.05, 0.1) is 24.6 Å². The van der Waals surface area contributed by atoms with E-state index >= 15 is 0 Å². The van der Waals surface area contributed by atoms with Gasteiger partial charge in [0.1, 0.15) is 11.4 Å². The van der Waals surface area contributed by atoms with Crippen LogP contribution in [0.2, 0.25) is 0 Å². The second kappa shape index (κ2) is 8.67. The molecule has 2 aliphatic rings. The molecule has 2 amide bonds. The number of thioether (sulfide) groups is 1. The first-order valence-electron chi connectivity index (χ1n) is 10.4. The van der Waals surface area contributed by atoms with Gasteiger partial charge in [0.25, 0.3) is 0 Å². The lowest BCUT2D eigenvalue weighted by Crippen LogP contribution is -2.56. The van der Waals surface area contributed by atoms with Crippen molar-refractivity contribution < 1.29 is 23.5 Å². The first-order chi connectivity index (χ1) is 15.4. The number of ether oxygens (including phenoxy) is 1. The zero-order valence-electron chi connectivity index (χ0n) is 18.1. The number of nitrogens with zero attached hydrogens (tertiary/aromatic N) is 1. The summed E-state index contributed by atoms with van der Waals surface area (Å²) in [7, 11) is 1.29. The quantitative estimate of drug-likeness (QED) is 0.531. The molecule has 0 spiro atoms. The number of amides is 2. The molecule has 0 bridgehead atoms. The number of carbonyl (C=O) groups is 3. The molecular formula is C24H25FN2O4S. The van der Waals surface area contributed by atoms with Crippen LogP contribution < -0.4 is 10.2 Å². The van der Waals surface area contributed by atoms with Crippen molar-refractivity contribution in [3.63, 3.8) is 0 Å². The minimum Gasteiger partial charge on any atom is -0.468 e. The number of hydrogen-bond acceptors (Lipinski definition) is 6. The van der Waals surface area contributed by atoms with E-state index in [0.29, 0.717) is 17.9 Å². The number of imide groups is 1. The second-order valence-corrected chi connectivity index (χ2v) is 9.16. The molecule has 0 aromatic heterocycles. The first-order valence-corrected chi connectivity index (χ1v) is 11.8. The molecule has 168 valence electrons. The molecule has 2 saturated heterocycles. The van der Waals surface area contributed by atoms with E-state index in [1.165, 1.54) is 31.4 Å². The topological polar surface area (TPSA) is 75.7 Å². The average Bonchev–Trinajstić information content (AvgIpc) is 3.27. The fourth-order valence-electron chi connectivity index (χ4n) is 5.01. The zero-order valence-corrected chi connectivity index (χ0v) is 18.9. The first kappa shape index (κ1) is 22.5. The largest absolute Gasteiger partial charge is 0.468 e. The highest BCUT2D eigenvalue weighted by molar-refractivity contribution is 7.98. The van der Waals surface area contributed by atoms with E-state index in [1.54, 1.807) is 11.8 Å². The number of fused-ring (bicyclic) bond motifs is 1. The molecule has 1 N–H and O–H groups in total. The Balaban J connectivity index is 1.87. The lowest BCUT2D eigenvalue weighted by molar-refractivity contribution is -0.152. The number of hydrogen-bond donors (Lipinski definition) is 1. The Morgan fingerprint density at radius 2 is 1.84 bits per heavy atom. The van der Waals surface area contributed by atoms with E-state index in [1.807, 2.05) is 37.4 Å². The summed E-state index contributed by atoms with van der Waals surface area (Å²) in [6.45, 7) is 1.94. The van der Waals surface area contributed by atoms with Gasteiger partial charge >= 0.3 is 5.97 Å². The van der Waals surface area contributed by atoms with E-state index in [0.717, 1.165) is 16.0 Å². The fraction of sp³-hybridized carbons (Fsp3) is 0.375. The molecule has 6 nitrogen and oxygen atoms in total. The van der Waals surface area contributed by atoms with Crippen LogP contribution in [0, 0.1) is 24.6 Å². The van der Waals surface area contributed by atoms with Crippen molar-refractivity contribution in [1.29, 1.82) is 0 Å². The molecule has 0 saturated carbocycles. The lowest BCUT2D eigenvalue weighted by Gasteiger charge is -2.32. The molecule has 8 heteroatoms. The third kappa shape index (κ3) is 3.42. The number of benzene rings is 2. The van der Waals surface area contributed by atoms with Gasteiger partial charge < -0.3 is 4.74 Å². The highest BCUT2D eigenvalue weighted by Crippen LogP contribution is 2.51. The van der Waals surface area contributed by atoms with E-state index in [4.69, 9.17) is 4.74 Å². The van der Waals surface area contributed by atoms with Crippen LogP contribution in [0.4, 0.5) is 10.1 Å². The maximum atomic E-state index is 13.7. The molecule has 2 aliphatic heterocycles. The van der Waals surface area contributed by atoms with Gasteiger partial charge in [0.2, 0.25) is 11.8 Å². The summed E-state index contributed by atoms with van der Waals surface area (Å²) >= 11 is 1.55. The van der Waals surface area contributed by atoms with Crippen molar-refractivity contribution >= 4 is 35.2 Å². The fourth-order valence-corrected chi connectivity index (χ4v) is 5.54. The monoisotopic (exact) mass is 456 g/mol. The minimum atomic E-state index is -1.34. The summed E-state index contributed by atoms with van der Waals surface area (Å²) in [5.74, 6) is -3.00. The van der Waals surface area contributed by atoms with Gasteiger partial charge in [0, 0.05) is 6.04 Å². The molecular weight excluding hydrogens is 431 g/mol. The highest BCUT2D eigenvalue weighted by Gasteiger charge is 2.68. The average molecular weight is 457 g/mol. The van der Waals surface area contributed by atoms with Crippen molar-refractivity contribution in [2.24, 2.45) is 11.8 Å². The van der Waals surface area contributed by atoms with Gasteiger partial charge in [-0.25, -0.2) is 9.29 Å². The van der Waals surface area contributed by atoms with Crippen LogP contribution in [-0.4, -0.2) is 42.4 Å². The molecule has 4 rings (SSSR count). The summed E-state index contributed by atoms with van der Waals surface area (Å²) in [6.07, 6.45) is 2.25. The Morgan fingerprint density at radius 3 is 2.47 bits per heavy atom. The summed E-state index contributed by atoms with van der Waals surface area (Å²) in [5.41, 5.74) is 0.772. The van der Waals surface area contributed by atoms with Gasteiger partial charge in [-0.15, -0.1) is 0 Å². The molecule has 2 aromatic rings. The van der Waals surface area contributed by atoms with Crippen LogP contribution >= 0.6 is 11.8 Å². The summed E-state index contributed by atoms with van der Waals surface area (Å²) in [4.78, 5) is 41.6. The zero-order chi connectivity index (χ0) is 23.0. The Kier molecular flexibility index (Phi) is 6.09. The number of carbonyl (C=O) groups excluding carboxylic acids is 3. The van der Waals surface area contributed by atoms with E-state index in [9.17, 15) is 18.8 Å². The van der Waals surface area contributed by atoms with E-state index in [-0.39, 0.29) is 0 Å². The molecule has 32 heavy (non-hydrogen) atoms. The number of nitrogens with one attached hydrogen (secondary N) is 1. The number of esters is 1. The maximum absolute atomic E-state index is 13.7. The van der Waals surface area contributed by atoms with Crippen LogP contribution in [0.15, 0.2) is 48.5 Å². The van der Waals surface area contributed by atoms with Gasteiger partial charge in [-0.3, -0.25) is 19.7 Å². The molecule has 0 aliphatic carbocycles. The highest BCUT2D eigenvalue weighted by atomic mass is 32.2. The van der Waals surface area contributed by atoms with Gasteiger partial charge in [-0.05, 0) is 60.7 Å². The third-order valence-electron chi connectivity index (χ3n) is 6.51. The minimum absolute atomic E-state index is 0.294. The summed E-state index contributed by atoms with van der Waals surface area (Å²) < 4.78 is 18.6. The predicted octanol–water partition coefficient (Wildman–Crippen LogP) is 3.25. The predicted molar refractivity (Wildman–Crippen MR) is 121 cm³/mol. The number of rotatable bonds is 6. The van der Waals surface area contributed by atoms with Crippen LogP contribution in [0.1, 0.15) is 23.6 Å². The smallest absolute Gasteiger partial charge is 0.326 e. The van der Waals surface area contributed by atoms with Gasteiger partial charge in [-0.2, -0.15) is 11.8 Å². The SMILES string of the molecule is COC(=O)[C@@]1(CCSC)N[C@@H](c2ccccc2C)[C@H]2C(=O)N(c3ccc(F)cc3)C(=O)[C@H]21. The number of aryl methyl sites for hydroxylation is 1. The third-order valence-corrected chi connectivity index (χ3v) is 7.13. The number of anilines is 1. The lowest BCUT2D eigenvalue weighted by atomic mass is 9.77. The van der Waals surface area contributed by atoms with Crippen LogP contribution in [0.5, 0.6) is 0 Å². The molecule has 4 atom stereocenters. The Hall–Kier alpha value is -2.71. The summed E-state index contributed by atoms with van der Waals surface area (Å²) in [5, 5.41) is 3.37. The second-order valence-electron chi connectivity index (χ2n) is 8.18. The van der Waals surface area contributed by atoms with Gasteiger partial charge in [0.15, 0.2) is 0 Å². The maximum Gasteiger partial charge on any atom is 0.326 e. The van der Waals surface area contributed by atoms with Crippen LogP contribution in [0.3, 0.4) is 0 Å². The van der Waals surface area contributed by atoms with E-state index in [2.05, 4.69) is 5.32 Å². The Labute approximate surface area is 190 Å². The van der Waals surface area contributed by atoms with Gasteiger partial charge in [-0.1, -0.05) is 24.3 Å². The Morgan fingerprint density at radius 1 is 1.16 bits per heavy atom. The number of methoxy groups -OCH3 is 1. The molecule has 0 unspecified atom stereocenters. The number of halogens is 1. The normalized spacial score (nSPS) is 27.0. The molecule has 2 aromatic carbocycles. The van der Waals surface area contributed by atoms with Crippen molar-refractivity contribution in [3.05, 3.63) is 65.5 Å². The van der Waals surface area contributed by atoms with E-state index < -0.39 is 47.0 Å². The molecule has 2 fully saturated rings. The summed E-state index contributed by atoms with van der Waals surface area (Å²) in [6, 6.07) is 12.3. The van der Waals surface area contributed by atoms with Crippen molar-refractivity contribution in [1.82, 2.24) is 5.32 Å². The standard InChI is InChI=1S/C24H25FN2O4S/c1-14-6-4-5-7-17(14)20-18-19(24(26-20,12-13-32-3)23(30)31-2)22(29)27(21(18)28)16-10-8-15(25)9-11-16/h4-11,18-20,26H,12-13H2,1-3H3/t18-,19-,20-,24-/m0/s1. The van der Waals surface area contributed by atoms with Crippen LogP contribution in [0.25, 0.3) is 0 Å². The molecule has 0 radical (unpaired) electrons. The van der Waals surface area contributed by atoms with Crippen LogP contribution in [-0.2, 0) is 19.1 Å². The van der Waals surface area contributed by atoms with Crippen molar-refractivity contribution in [2.75, 3.05) is 24.0 Å².